The minimum atomic E-state index is -0.783. The van der Waals surface area contributed by atoms with Crippen LogP contribution in [0, 0.1) is 0 Å². The van der Waals surface area contributed by atoms with Gasteiger partial charge in [-0.3, -0.25) is 14.4 Å². The third-order valence-corrected chi connectivity index (χ3v) is 11.8. The molecule has 370 valence electrons. The van der Waals surface area contributed by atoms with E-state index in [1.165, 1.54) is 135 Å². The Hall–Kier alpha value is -2.89. The van der Waals surface area contributed by atoms with E-state index in [4.69, 9.17) is 14.2 Å². The Balaban J connectivity index is 4.41. The zero-order valence-corrected chi connectivity index (χ0v) is 42.3. The summed E-state index contributed by atoms with van der Waals surface area (Å²) in [5.74, 6) is -0.904. The highest BCUT2D eigenvalue weighted by molar-refractivity contribution is 5.71. The van der Waals surface area contributed by atoms with E-state index < -0.39 is 6.10 Å². The average Bonchev–Trinajstić information content (AvgIpc) is 3.29. The smallest absolute Gasteiger partial charge is 0.306 e. The van der Waals surface area contributed by atoms with E-state index in [9.17, 15) is 14.4 Å². The first-order valence-electron chi connectivity index (χ1n) is 27.3. The predicted molar refractivity (Wildman–Crippen MR) is 275 cm³/mol. The Labute approximate surface area is 396 Å². The molecule has 0 saturated heterocycles. The standard InChI is InChI=1S/C58H102O6/c1-4-7-10-13-16-19-22-25-27-28-29-30-31-34-36-39-42-45-48-51-57(60)63-54-55(53-62-56(59)50-47-44-41-38-35-32-24-21-18-15-12-9-6-3)64-58(61)52-49-46-43-40-37-33-26-23-20-17-14-11-8-5-2/h7,10,16,19,25,27,29-30,34,36,55H,4-6,8-9,11-15,17-18,20-24,26,28,31-33,35,37-54H2,1-3H3/b10-7+,19-16+,27-25+,30-29+,36-34+/t55-/m1/s1. The van der Waals surface area contributed by atoms with Crippen LogP contribution in [0.15, 0.2) is 60.8 Å². The molecule has 6 heteroatoms. The highest BCUT2D eigenvalue weighted by Crippen LogP contribution is 2.16. The number of carbonyl (C=O) groups is 3. The molecule has 6 nitrogen and oxygen atoms in total. The van der Waals surface area contributed by atoms with Crippen molar-refractivity contribution >= 4 is 17.9 Å². The number of hydrogen-bond donors (Lipinski definition) is 0. The summed E-state index contributed by atoms with van der Waals surface area (Å²) in [6.45, 7) is 6.52. The SMILES string of the molecule is CC/C=C/C/C=C/C/C=C/C/C=C/C/C=C/CCCCCC(=O)OC[C@@H](COC(=O)CCCCCCCCCCCCCCC)OC(=O)CCCCCCCCCCCCCCCC. The van der Waals surface area contributed by atoms with Crippen molar-refractivity contribution in [2.45, 2.75) is 277 Å². The molecule has 0 aliphatic carbocycles. The van der Waals surface area contributed by atoms with Crippen LogP contribution in [-0.2, 0) is 28.6 Å². The minimum absolute atomic E-state index is 0.0811. The molecule has 0 aromatic rings. The van der Waals surface area contributed by atoms with Crippen molar-refractivity contribution in [1.29, 1.82) is 0 Å². The Morgan fingerprint density at radius 1 is 0.328 bits per heavy atom. The molecule has 1 atom stereocenters. The van der Waals surface area contributed by atoms with Gasteiger partial charge in [0.25, 0.3) is 0 Å². The lowest BCUT2D eigenvalue weighted by Crippen LogP contribution is -2.30. The van der Waals surface area contributed by atoms with E-state index >= 15 is 0 Å². The van der Waals surface area contributed by atoms with Gasteiger partial charge < -0.3 is 14.2 Å². The summed E-state index contributed by atoms with van der Waals surface area (Å²) < 4.78 is 16.8. The quantitative estimate of drug-likeness (QED) is 0.0262. The Morgan fingerprint density at radius 2 is 0.609 bits per heavy atom. The van der Waals surface area contributed by atoms with Crippen molar-refractivity contribution in [3.05, 3.63) is 60.8 Å². The van der Waals surface area contributed by atoms with Crippen molar-refractivity contribution in [3.8, 4) is 0 Å². The Bertz CT molecular complexity index is 1170. The van der Waals surface area contributed by atoms with Crippen molar-refractivity contribution in [2.75, 3.05) is 13.2 Å². The van der Waals surface area contributed by atoms with Gasteiger partial charge in [0.05, 0.1) is 0 Å². The first kappa shape index (κ1) is 61.1. The van der Waals surface area contributed by atoms with Crippen molar-refractivity contribution in [3.63, 3.8) is 0 Å². The molecule has 0 aliphatic rings. The molecule has 0 fully saturated rings. The molecule has 0 aliphatic heterocycles. The summed E-state index contributed by atoms with van der Waals surface area (Å²) in [5.41, 5.74) is 0. The van der Waals surface area contributed by atoms with Gasteiger partial charge in [0, 0.05) is 19.3 Å². The Kier molecular flexibility index (Phi) is 50.4. The fraction of sp³-hybridized carbons (Fsp3) is 0.776. The first-order chi connectivity index (χ1) is 31.5. The monoisotopic (exact) mass is 895 g/mol. The fourth-order valence-corrected chi connectivity index (χ4v) is 7.70. The summed E-state index contributed by atoms with van der Waals surface area (Å²) in [6.07, 6.45) is 64.9. The molecule has 0 rings (SSSR count). The predicted octanol–water partition coefficient (Wildman–Crippen LogP) is 18.0. The zero-order valence-electron chi connectivity index (χ0n) is 42.3. The highest BCUT2D eigenvalue weighted by Gasteiger charge is 2.19. The second kappa shape index (κ2) is 52.7. The Morgan fingerprint density at radius 3 is 0.953 bits per heavy atom. The van der Waals surface area contributed by atoms with Crippen molar-refractivity contribution in [2.24, 2.45) is 0 Å². The van der Waals surface area contributed by atoms with Gasteiger partial charge in [0.15, 0.2) is 6.10 Å². The summed E-state index contributed by atoms with van der Waals surface area (Å²) >= 11 is 0. The van der Waals surface area contributed by atoms with Crippen LogP contribution < -0.4 is 0 Å². The first-order valence-corrected chi connectivity index (χ1v) is 27.3. The maximum atomic E-state index is 12.8. The lowest BCUT2D eigenvalue weighted by Gasteiger charge is -2.18. The molecule has 0 bridgehead atoms. The van der Waals surface area contributed by atoms with Crippen LogP contribution in [0.2, 0.25) is 0 Å². The van der Waals surface area contributed by atoms with Crippen molar-refractivity contribution in [1.82, 2.24) is 0 Å². The molecule has 0 radical (unpaired) electrons. The topological polar surface area (TPSA) is 78.9 Å². The average molecular weight is 895 g/mol. The van der Waals surface area contributed by atoms with Gasteiger partial charge in [-0.25, -0.2) is 0 Å². The number of hydrogen-bond acceptors (Lipinski definition) is 6. The molecule has 0 aromatic heterocycles. The minimum Gasteiger partial charge on any atom is -0.462 e. The lowest BCUT2D eigenvalue weighted by atomic mass is 10.0. The van der Waals surface area contributed by atoms with E-state index in [1.54, 1.807) is 0 Å². The molecule has 0 N–H and O–H groups in total. The van der Waals surface area contributed by atoms with Gasteiger partial charge in [0.1, 0.15) is 13.2 Å². The largest absolute Gasteiger partial charge is 0.462 e. The number of carbonyl (C=O) groups excluding carboxylic acids is 3. The number of esters is 3. The zero-order chi connectivity index (χ0) is 46.5. The number of allylic oxidation sites excluding steroid dienone is 10. The van der Waals surface area contributed by atoms with E-state index in [1.807, 2.05) is 0 Å². The van der Waals surface area contributed by atoms with Gasteiger partial charge in [-0.2, -0.15) is 0 Å². The summed E-state index contributed by atoms with van der Waals surface area (Å²) in [6, 6.07) is 0. The lowest BCUT2D eigenvalue weighted by molar-refractivity contribution is -0.167. The van der Waals surface area contributed by atoms with E-state index in [2.05, 4.69) is 81.5 Å². The second-order valence-corrected chi connectivity index (χ2v) is 18.1. The van der Waals surface area contributed by atoms with Gasteiger partial charge in [0.2, 0.25) is 0 Å². The summed E-state index contributed by atoms with van der Waals surface area (Å²) in [4.78, 5) is 38.0. The van der Waals surface area contributed by atoms with Gasteiger partial charge in [-0.05, 0) is 64.2 Å². The molecule has 0 heterocycles. The molecule has 0 saturated carbocycles. The van der Waals surface area contributed by atoms with E-state index in [-0.39, 0.29) is 31.1 Å². The van der Waals surface area contributed by atoms with Crippen LogP contribution in [0.25, 0.3) is 0 Å². The summed E-state index contributed by atoms with van der Waals surface area (Å²) in [5, 5.41) is 0. The normalized spacial score (nSPS) is 12.5. The molecular weight excluding hydrogens is 793 g/mol. The van der Waals surface area contributed by atoms with E-state index in [0.717, 1.165) is 96.3 Å². The van der Waals surface area contributed by atoms with Crippen LogP contribution in [0.1, 0.15) is 271 Å². The third kappa shape index (κ3) is 50.1. The maximum Gasteiger partial charge on any atom is 0.306 e. The fourth-order valence-electron chi connectivity index (χ4n) is 7.70. The number of ether oxygens (including phenoxy) is 3. The van der Waals surface area contributed by atoms with Crippen LogP contribution in [0.3, 0.4) is 0 Å². The molecule has 0 spiro atoms. The third-order valence-electron chi connectivity index (χ3n) is 11.8. The number of unbranched alkanes of at least 4 members (excludes halogenated alkanes) is 28. The highest BCUT2D eigenvalue weighted by atomic mass is 16.6. The maximum absolute atomic E-state index is 12.8. The molecule has 0 amide bonds. The van der Waals surface area contributed by atoms with Gasteiger partial charge in [-0.15, -0.1) is 0 Å². The van der Waals surface area contributed by atoms with E-state index in [0.29, 0.717) is 19.3 Å². The second-order valence-electron chi connectivity index (χ2n) is 18.1. The van der Waals surface area contributed by atoms with Gasteiger partial charge in [-0.1, -0.05) is 248 Å². The van der Waals surface area contributed by atoms with Crippen LogP contribution in [0.4, 0.5) is 0 Å². The van der Waals surface area contributed by atoms with Crippen LogP contribution in [-0.4, -0.2) is 37.2 Å². The molecule has 0 unspecified atom stereocenters. The van der Waals surface area contributed by atoms with Crippen LogP contribution >= 0.6 is 0 Å². The van der Waals surface area contributed by atoms with Gasteiger partial charge >= 0.3 is 17.9 Å². The van der Waals surface area contributed by atoms with Crippen LogP contribution in [0.5, 0.6) is 0 Å². The summed E-state index contributed by atoms with van der Waals surface area (Å²) in [7, 11) is 0. The molecular formula is C58H102O6. The molecule has 0 aromatic carbocycles. The van der Waals surface area contributed by atoms with Crippen molar-refractivity contribution < 1.29 is 28.6 Å². The number of rotatable bonds is 49. The molecule has 64 heavy (non-hydrogen) atoms.